The number of phenolic OH excluding ortho intramolecular Hbond substituents is 1. The van der Waals surface area contributed by atoms with E-state index in [2.05, 4.69) is 73.1 Å². The van der Waals surface area contributed by atoms with Gasteiger partial charge in [-0.25, -0.2) is 4.98 Å². The summed E-state index contributed by atoms with van der Waals surface area (Å²) in [7, 11) is 3.98. The number of carbonyl (C=O) groups is 17. The predicted molar refractivity (Wildman–Crippen MR) is 486 cm³/mol. The maximum Gasteiger partial charge on any atom is 0.303 e. The molecule has 132 heavy (non-hydrogen) atoms. The number of thioether (sulfide) groups is 1. The largest absolute Gasteiger partial charge is 0.508 e. The van der Waals surface area contributed by atoms with E-state index in [1.54, 1.807) is 62.6 Å². The Morgan fingerprint density at radius 3 is 1.60 bits per heavy atom. The summed E-state index contributed by atoms with van der Waals surface area (Å²) in [5, 5.41) is 59.1. The van der Waals surface area contributed by atoms with Crippen LogP contribution in [0.5, 0.6) is 5.75 Å². The van der Waals surface area contributed by atoms with Crippen LogP contribution in [-0.2, 0) is 107 Å². The summed E-state index contributed by atoms with van der Waals surface area (Å²) >= 11 is 0.758. The van der Waals surface area contributed by atoms with Gasteiger partial charge >= 0.3 is 5.97 Å². The van der Waals surface area contributed by atoms with E-state index >= 15 is 33.6 Å². The number of aromatic amines is 3. The number of aliphatic carboxylic acids is 1. The van der Waals surface area contributed by atoms with Crippen molar-refractivity contribution < 1.29 is 96.8 Å². The number of carboxylic acids is 1. The average molecular weight is 1850 g/mol. The number of rotatable bonds is 25. The van der Waals surface area contributed by atoms with E-state index in [9.17, 15) is 63.3 Å². The smallest absolute Gasteiger partial charge is 0.303 e. The Labute approximate surface area is 768 Å². The number of nitrogens with zero attached hydrogens (tertiary/aromatic N) is 6. The first-order valence-electron chi connectivity index (χ1n) is 44.7. The first-order chi connectivity index (χ1) is 63.1. The number of amides is 16. The number of hydrogen-bond donors (Lipinski definition) is 18. The van der Waals surface area contributed by atoms with Gasteiger partial charge in [0.15, 0.2) is 0 Å². The Morgan fingerprint density at radius 1 is 0.538 bits per heavy atom. The van der Waals surface area contributed by atoms with Crippen molar-refractivity contribution in [1.82, 2.24) is 97.6 Å². The van der Waals surface area contributed by atoms with E-state index in [1.165, 1.54) is 79.6 Å². The number of fused-ring (bicyclic) bond motifs is 4. The third kappa shape index (κ3) is 27.8. The van der Waals surface area contributed by atoms with Crippen LogP contribution in [0.3, 0.4) is 0 Å². The molecule has 3 saturated heterocycles. The number of aliphatic hydroxyl groups excluding tert-OH is 1. The lowest BCUT2D eigenvalue weighted by atomic mass is 9.98. The number of para-hydroxylation sites is 2. The minimum absolute atomic E-state index is 0.0217. The highest BCUT2D eigenvalue weighted by atomic mass is 32.2. The summed E-state index contributed by atoms with van der Waals surface area (Å²) in [6.07, 6.45) is 6.31. The van der Waals surface area contributed by atoms with Crippen LogP contribution in [0, 0.1) is 5.92 Å². The molecule has 0 unspecified atom stereocenters. The quantitative estimate of drug-likeness (QED) is 0.0333. The summed E-state index contributed by atoms with van der Waals surface area (Å²) in [6.45, 7) is 6.26. The molecule has 42 heteroatoms. The van der Waals surface area contributed by atoms with Crippen LogP contribution in [0.15, 0.2) is 97.7 Å². The van der Waals surface area contributed by atoms with Crippen LogP contribution in [-0.4, -0.2) is 310 Å². The van der Waals surface area contributed by atoms with E-state index in [0.717, 1.165) is 21.6 Å². The van der Waals surface area contributed by atoms with Gasteiger partial charge < -0.3 is 119 Å². The van der Waals surface area contributed by atoms with Crippen molar-refractivity contribution in [3.05, 3.63) is 120 Å². The molecule has 16 amide bonds. The second-order valence-electron chi connectivity index (χ2n) is 34.0. The van der Waals surface area contributed by atoms with Crippen molar-refractivity contribution in [2.75, 3.05) is 65.4 Å². The molecular weight excluding hydrogens is 1730 g/mol. The molecule has 0 bridgehead atoms. The van der Waals surface area contributed by atoms with Gasteiger partial charge in [-0.15, -0.1) is 11.8 Å². The van der Waals surface area contributed by atoms with Gasteiger partial charge in [0.1, 0.15) is 90.3 Å². The number of phenols is 1. The van der Waals surface area contributed by atoms with Crippen molar-refractivity contribution in [2.24, 2.45) is 17.4 Å². The van der Waals surface area contributed by atoms with Crippen molar-refractivity contribution in [3.63, 3.8) is 0 Å². The third-order valence-corrected chi connectivity index (χ3v) is 25.2. The Bertz CT molecular complexity index is 5070. The van der Waals surface area contributed by atoms with E-state index in [0.29, 0.717) is 64.2 Å². The number of aromatic nitrogens is 4. The minimum Gasteiger partial charge on any atom is -0.508 e. The molecule has 41 nitrogen and oxygen atoms in total. The van der Waals surface area contributed by atoms with Gasteiger partial charge in [0, 0.05) is 112 Å². The van der Waals surface area contributed by atoms with E-state index in [1.807, 2.05) is 26.0 Å². The van der Waals surface area contributed by atoms with Crippen LogP contribution < -0.4 is 64.6 Å². The Balaban J connectivity index is 1.09. The number of aliphatic hydroxyl groups is 1. The van der Waals surface area contributed by atoms with Crippen molar-refractivity contribution >= 4 is 134 Å². The van der Waals surface area contributed by atoms with Crippen LogP contribution in [0.4, 0.5) is 0 Å². The van der Waals surface area contributed by atoms with Crippen LogP contribution in [0.1, 0.15) is 147 Å². The zero-order valence-corrected chi connectivity index (χ0v) is 76.4. The molecule has 3 aliphatic rings. The number of likely N-dealkylation sites (N-methyl/N-ethyl adjacent to an activating group) is 3. The Hall–Kier alpha value is -13.0. The molecule has 0 saturated carbocycles. The third-order valence-electron chi connectivity index (χ3n) is 24.1. The van der Waals surface area contributed by atoms with Crippen molar-refractivity contribution in [2.45, 2.75) is 235 Å². The number of unbranched alkanes of at least 4 members (excludes halogenated alkanes) is 2. The maximum absolute atomic E-state index is 15.8. The van der Waals surface area contributed by atoms with Gasteiger partial charge in [-0.05, 0) is 118 Å². The summed E-state index contributed by atoms with van der Waals surface area (Å²) in [5.41, 5.74) is 14.6. The summed E-state index contributed by atoms with van der Waals surface area (Å²) in [5.74, 6) is -17.1. The summed E-state index contributed by atoms with van der Waals surface area (Å²) in [6, 6.07) is -0.684. The zero-order valence-electron chi connectivity index (χ0n) is 75.6. The van der Waals surface area contributed by atoms with Crippen LogP contribution in [0.25, 0.3) is 21.8 Å². The standard InChI is InChI=1S/C90H125N21O20S/c1-9-11-25-69-82(123)104-67(46-112)81(122)105-68(78(119)96-45-73(92)114)47-132-48-74(115)98-65(38-52-30-32-56(113)33-31-52)86(127)107(6)51(5)77(118)99-62(34-35-91)89(130)111-37-19-28-71(111)84(125)102-64(41-55-44-93-49-97-55)79(120)100-61(24-17-29-75(116)117)88(129)110-36-18-27-70(110)83(124)101-63(39-53-42-94-59-22-15-13-20-57(53)59)80(121)106-76(50(3)4)85(126)103-66(40-54-43-95-60-23-16-14-21-58(54)60)87(128)109(8)72(26-12-10-2)90(131)108(69)7/h13-16,20-23,30-33,42-44,49-51,61-72,76,94-95,112-113H,9-12,17-19,24-29,34-41,45-48,91H2,1-8H3,(H2,92,114)(H,93,97)(H,96,119)(H,98,115)(H,99,118)(H,100,120)(H,101,124)(H,102,125)(H,103,126)(H,104,123)(H,105,122)(H,106,121)(H,116,117)/t51-,61-,62-,63-,64-,65-,66-,67-,68-,69-,70-,71-,72-,76-/m0/s1. The highest BCUT2D eigenvalue weighted by molar-refractivity contribution is 8.00. The monoisotopic (exact) mass is 1850 g/mol. The zero-order chi connectivity index (χ0) is 96.2. The fraction of sp³-hybridized carbons (Fsp3) is 0.533. The Morgan fingerprint density at radius 2 is 1.05 bits per heavy atom. The molecular formula is C90H125N21O20S. The van der Waals surface area contributed by atoms with E-state index < -0.39 is 222 Å². The highest BCUT2D eigenvalue weighted by Crippen LogP contribution is 2.28. The summed E-state index contributed by atoms with van der Waals surface area (Å²) in [4.78, 5) is 268. The number of carboxylic acid groups (broad SMARTS) is 1. The van der Waals surface area contributed by atoms with Crippen molar-refractivity contribution in [3.8, 4) is 5.75 Å². The number of benzene rings is 3. The fourth-order valence-corrected chi connectivity index (χ4v) is 17.4. The molecule has 0 aliphatic carbocycles. The van der Waals surface area contributed by atoms with Gasteiger partial charge in [0.2, 0.25) is 94.5 Å². The first-order valence-corrected chi connectivity index (χ1v) is 45.9. The minimum atomic E-state index is -1.83. The molecule has 0 spiro atoms. The molecule has 3 aliphatic heterocycles. The van der Waals surface area contributed by atoms with E-state index in [4.69, 9.17) is 11.5 Å². The van der Waals surface area contributed by atoms with Gasteiger partial charge in [-0.3, -0.25) is 81.5 Å². The molecule has 3 aromatic heterocycles. The van der Waals surface area contributed by atoms with Crippen molar-refractivity contribution in [1.29, 1.82) is 0 Å². The molecule has 6 aromatic rings. The first kappa shape index (κ1) is 103. The second-order valence-corrected chi connectivity index (χ2v) is 35.0. The van der Waals surface area contributed by atoms with E-state index in [-0.39, 0.29) is 115 Å². The Kier molecular flexibility index (Phi) is 38.4. The topological polar surface area (TPSA) is 600 Å². The molecule has 716 valence electrons. The molecule has 3 fully saturated rings. The van der Waals surface area contributed by atoms with Gasteiger partial charge in [-0.2, -0.15) is 0 Å². The number of nitrogens with two attached hydrogens (primary N) is 2. The molecule has 20 N–H and O–H groups in total. The predicted octanol–water partition coefficient (Wildman–Crippen LogP) is -0.825. The van der Waals surface area contributed by atoms with Gasteiger partial charge in [-0.1, -0.05) is 102 Å². The lowest BCUT2D eigenvalue weighted by Gasteiger charge is -2.36. The van der Waals surface area contributed by atoms with Crippen LogP contribution >= 0.6 is 11.8 Å². The SMILES string of the molecule is CCCC[C@H]1C(=O)N(C)[C@@H](CCCC)C(=O)N[C@@H](CO)C(=O)N[C@H](C(=O)NCC(N)=O)CSCC(=O)N[C@@H](Cc2ccc(O)cc2)C(=O)N(C)[C@@H](C)C(=O)N[C@@H](CCN)C(=O)N2CCC[C@H]2C(=O)N[C@@H](Cc2c[nH]cn2)C(=O)N[C@@H](CCCC(=O)O)C(=O)N2CCC[C@H]2C(=O)N[C@@H](Cc2c[nH]c3ccccc23)C(=O)N[C@@H](C(C)C)C(=O)N[C@@H](Cc2c[nH]c3ccccc23)C(=O)N1C. The normalized spacial score (nSPS) is 24.6. The average Bonchev–Trinajstić information content (AvgIpc) is 1.54. The number of imidazole rings is 1. The number of carbonyl (C=O) groups excluding carboxylic acids is 16. The molecule has 0 radical (unpaired) electrons. The molecule has 14 atom stereocenters. The number of aromatic hydroxyl groups is 1. The maximum atomic E-state index is 15.8. The lowest BCUT2D eigenvalue weighted by Crippen LogP contribution is -2.62. The second kappa shape index (κ2) is 49.3. The number of primary amides is 1. The number of nitrogens with one attached hydrogen (secondary N) is 13. The number of H-pyrrole nitrogens is 3. The summed E-state index contributed by atoms with van der Waals surface area (Å²) < 4.78 is 0. The number of hydrogen-bond acceptors (Lipinski definition) is 22. The van der Waals surface area contributed by atoms with Crippen LogP contribution in [0.2, 0.25) is 0 Å². The highest BCUT2D eigenvalue weighted by Gasteiger charge is 2.46. The molecule has 6 heterocycles. The lowest BCUT2D eigenvalue weighted by molar-refractivity contribution is -0.149. The van der Waals surface area contributed by atoms with Gasteiger partial charge in [0.25, 0.3) is 0 Å². The fourth-order valence-electron chi connectivity index (χ4n) is 16.5. The molecule has 3 aromatic carbocycles. The van der Waals surface area contributed by atoms with Gasteiger partial charge in [0.05, 0.1) is 30.9 Å². The molecule has 9 rings (SSSR count).